The Morgan fingerprint density at radius 1 is 1.22 bits per heavy atom. The number of rotatable bonds is 6. The normalized spacial score (nSPS) is 17.0. The van der Waals surface area contributed by atoms with E-state index in [1.165, 1.54) is 6.20 Å². The first kappa shape index (κ1) is 24.5. The molecule has 1 saturated heterocycles. The molecule has 7 nitrogen and oxygen atoms in total. The van der Waals surface area contributed by atoms with Gasteiger partial charge in [-0.1, -0.05) is 30.3 Å². The molecular formula is C25H26F3N5O2S. The quantitative estimate of drug-likeness (QED) is 0.418. The van der Waals surface area contributed by atoms with Crippen molar-refractivity contribution in [3.63, 3.8) is 0 Å². The topological polar surface area (TPSA) is 77.0 Å². The molecule has 0 atom stereocenters. The molecule has 36 heavy (non-hydrogen) atoms. The van der Waals surface area contributed by atoms with Crippen molar-refractivity contribution in [1.82, 2.24) is 24.8 Å². The van der Waals surface area contributed by atoms with Crippen molar-refractivity contribution in [2.24, 2.45) is 0 Å². The molecule has 3 aromatic heterocycles. The van der Waals surface area contributed by atoms with Gasteiger partial charge in [0.05, 0.1) is 5.01 Å². The van der Waals surface area contributed by atoms with Gasteiger partial charge in [0.25, 0.3) is 0 Å². The number of hydrogen-bond donors (Lipinski definition) is 0. The number of carbonyl (C=O) groups excluding carboxylic acids is 1. The van der Waals surface area contributed by atoms with Crippen LogP contribution < -0.4 is 0 Å². The predicted octanol–water partition coefficient (Wildman–Crippen LogP) is 5.72. The molecule has 0 bridgehead atoms. The average Bonchev–Trinajstić information content (AvgIpc) is 3.63. The second-order valence-electron chi connectivity index (χ2n) is 8.99. The Hall–Kier alpha value is -3.21. The van der Waals surface area contributed by atoms with Gasteiger partial charge in [0.2, 0.25) is 5.91 Å². The molecule has 0 unspecified atom stereocenters. The smallest absolute Gasteiger partial charge is 0.356 e. The van der Waals surface area contributed by atoms with Crippen molar-refractivity contribution >= 4 is 22.8 Å². The molecule has 5 rings (SSSR count). The van der Waals surface area contributed by atoms with Crippen LogP contribution in [0.4, 0.5) is 13.2 Å². The van der Waals surface area contributed by atoms with Crippen molar-refractivity contribution in [2.75, 3.05) is 13.1 Å². The van der Waals surface area contributed by atoms with E-state index in [1.54, 1.807) is 23.2 Å². The summed E-state index contributed by atoms with van der Waals surface area (Å²) in [5.74, 6) is 0.720. The van der Waals surface area contributed by atoms with Gasteiger partial charge >= 0.3 is 6.18 Å². The molecule has 1 fully saturated rings. The lowest BCUT2D eigenvalue weighted by molar-refractivity contribution is -0.142. The van der Waals surface area contributed by atoms with Crippen LogP contribution in [0.2, 0.25) is 0 Å². The fraction of sp³-hybridized carbons (Fsp3) is 0.440. The number of allylic oxidation sites excluding steroid dienone is 4. The third kappa shape index (κ3) is 5.16. The highest BCUT2D eigenvalue weighted by molar-refractivity contribution is 7.10. The number of amides is 1. The van der Waals surface area contributed by atoms with E-state index < -0.39 is 11.9 Å². The second-order valence-corrected chi connectivity index (χ2v) is 9.88. The molecule has 190 valence electrons. The molecule has 0 aromatic carbocycles. The molecule has 3 aromatic rings. The zero-order chi connectivity index (χ0) is 25.3. The molecule has 1 aliphatic heterocycles. The van der Waals surface area contributed by atoms with Crippen molar-refractivity contribution in [2.45, 2.75) is 57.7 Å². The minimum absolute atomic E-state index is 0.0970. The molecule has 0 N–H and O–H groups in total. The van der Waals surface area contributed by atoms with E-state index in [-0.39, 0.29) is 30.4 Å². The molecule has 2 aliphatic rings. The second kappa shape index (κ2) is 10.0. The number of carbonyl (C=O) groups is 1. The number of alkyl halides is 3. The lowest BCUT2D eigenvalue weighted by Crippen LogP contribution is -2.39. The van der Waals surface area contributed by atoms with Gasteiger partial charge in [-0.3, -0.25) is 9.48 Å². The number of hydrogen-bond acceptors (Lipinski definition) is 6. The summed E-state index contributed by atoms with van der Waals surface area (Å²) in [6, 6.07) is 1.91. The van der Waals surface area contributed by atoms with E-state index >= 15 is 0 Å². The van der Waals surface area contributed by atoms with Crippen LogP contribution >= 0.6 is 11.3 Å². The Bertz CT molecular complexity index is 1300. The molecule has 0 radical (unpaired) electrons. The molecule has 0 spiro atoms. The Labute approximate surface area is 210 Å². The molecule has 1 aliphatic carbocycles. The Balaban J connectivity index is 1.18. The van der Waals surface area contributed by atoms with Crippen LogP contribution in [0.25, 0.3) is 17.0 Å². The maximum atomic E-state index is 13.2. The van der Waals surface area contributed by atoms with Gasteiger partial charge in [-0.05, 0) is 32.1 Å². The fourth-order valence-electron chi connectivity index (χ4n) is 4.58. The van der Waals surface area contributed by atoms with Gasteiger partial charge in [-0.15, -0.1) is 11.3 Å². The SMILES string of the molecule is CCc1cn(CC(=O)N2CCC(c3nc(-c4cc(C5=CCCC=C5)on4)cs3)CC2)nc1C(F)(F)F. The van der Waals surface area contributed by atoms with E-state index in [4.69, 9.17) is 9.51 Å². The third-order valence-electron chi connectivity index (χ3n) is 6.56. The van der Waals surface area contributed by atoms with Gasteiger partial charge in [0.15, 0.2) is 11.5 Å². The maximum absolute atomic E-state index is 13.2. The largest absolute Gasteiger partial charge is 0.435 e. The number of thiazole rings is 1. The van der Waals surface area contributed by atoms with Gasteiger partial charge in [0.1, 0.15) is 17.9 Å². The fourth-order valence-corrected chi connectivity index (χ4v) is 5.56. The summed E-state index contributed by atoms with van der Waals surface area (Å²) < 4.78 is 46.1. The van der Waals surface area contributed by atoms with Gasteiger partial charge < -0.3 is 9.42 Å². The monoisotopic (exact) mass is 517 g/mol. The van der Waals surface area contributed by atoms with E-state index in [0.717, 1.165) is 52.4 Å². The number of aromatic nitrogens is 4. The van der Waals surface area contributed by atoms with Crippen LogP contribution in [0.1, 0.15) is 60.6 Å². The third-order valence-corrected chi connectivity index (χ3v) is 7.56. The van der Waals surface area contributed by atoms with Crippen LogP contribution in [-0.4, -0.2) is 43.8 Å². The minimum atomic E-state index is -4.53. The molecule has 11 heteroatoms. The van der Waals surface area contributed by atoms with Crippen LogP contribution in [-0.2, 0) is 23.9 Å². The predicted molar refractivity (Wildman–Crippen MR) is 129 cm³/mol. The summed E-state index contributed by atoms with van der Waals surface area (Å²) >= 11 is 1.57. The summed E-state index contributed by atoms with van der Waals surface area (Å²) in [6.07, 6.45) is 6.80. The van der Waals surface area contributed by atoms with Crippen LogP contribution in [0.15, 0.2) is 40.4 Å². The van der Waals surface area contributed by atoms with Crippen molar-refractivity contribution < 1.29 is 22.5 Å². The van der Waals surface area contributed by atoms with Crippen molar-refractivity contribution in [1.29, 1.82) is 0 Å². The first-order valence-corrected chi connectivity index (χ1v) is 12.9. The Morgan fingerprint density at radius 3 is 2.69 bits per heavy atom. The lowest BCUT2D eigenvalue weighted by atomic mass is 9.97. The Kier molecular flexibility index (Phi) is 6.83. The van der Waals surface area contributed by atoms with Crippen molar-refractivity contribution in [3.05, 3.63) is 57.9 Å². The van der Waals surface area contributed by atoms with Gasteiger partial charge in [-0.2, -0.15) is 18.3 Å². The molecule has 0 saturated carbocycles. The highest BCUT2D eigenvalue weighted by atomic mass is 32.1. The van der Waals surface area contributed by atoms with Crippen molar-refractivity contribution in [3.8, 4) is 11.4 Å². The van der Waals surface area contributed by atoms with E-state index in [2.05, 4.69) is 22.4 Å². The summed E-state index contributed by atoms with van der Waals surface area (Å²) in [7, 11) is 0. The lowest BCUT2D eigenvalue weighted by Gasteiger charge is -2.31. The highest BCUT2D eigenvalue weighted by Crippen LogP contribution is 2.34. The standard InChI is InChI=1S/C25H26F3N5O2S/c1-2-16-13-33(30-23(16)25(26,27)28)14-22(34)32-10-8-18(9-11-32)24-29-20(15-36-24)19-12-21(35-31-19)17-6-4-3-5-7-17/h4,6-7,12-13,15,18H,2-3,5,8-11,14H2,1H3. The Morgan fingerprint density at radius 2 is 2.03 bits per heavy atom. The molecule has 4 heterocycles. The van der Waals surface area contributed by atoms with E-state index in [1.807, 2.05) is 17.5 Å². The van der Waals surface area contributed by atoms with E-state index in [0.29, 0.717) is 18.8 Å². The molecule has 1 amide bonds. The summed E-state index contributed by atoms with van der Waals surface area (Å²) in [6.45, 7) is 2.50. The minimum Gasteiger partial charge on any atom is -0.356 e. The number of nitrogens with zero attached hydrogens (tertiary/aromatic N) is 5. The number of piperidine rings is 1. The molecular weight excluding hydrogens is 491 g/mol. The zero-order valence-corrected chi connectivity index (χ0v) is 20.6. The zero-order valence-electron chi connectivity index (χ0n) is 19.8. The summed E-state index contributed by atoms with van der Waals surface area (Å²) in [4.78, 5) is 19.2. The van der Waals surface area contributed by atoms with Crippen LogP contribution in [0.5, 0.6) is 0 Å². The number of likely N-dealkylation sites (tertiary alicyclic amines) is 1. The van der Waals surface area contributed by atoms with E-state index in [9.17, 15) is 18.0 Å². The van der Waals surface area contributed by atoms with Crippen LogP contribution in [0, 0.1) is 0 Å². The summed E-state index contributed by atoms with van der Waals surface area (Å²) in [5, 5.41) is 10.8. The summed E-state index contributed by atoms with van der Waals surface area (Å²) in [5.41, 5.74) is 1.68. The average molecular weight is 518 g/mol. The number of aryl methyl sites for hydroxylation is 1. The maximum Gasteiger partial charge on any atom is 0.435 e. The first-order chi connectivity index (χ1) is 17.3. The van der Waals surface area contributed by atoms with Crippen LogP contribution in [0.3, 0.4) is 0 Å². The first-order valence-electron chi connectivity index (χ1n) is 12.0. The van der Waals surface area contributed by atoms with Gasteiger partial charge in [0, 0.05) is 47.8 Å². The highest BCUT2D eigenvalue weighted by Gasteiger charge is 2.37. The van der Waals surface area contributed by atoms with Gasteiger partial charge in [-0.25, -0.2) is 4.98 Å². The number of halogens is 3.